The molecule has 0 aliphatic carbocycles. The number of unbranched alkanes of at least 4 members (excludes halogenated alkanes) is 4. The summed E-state index contributed by atoms with van der Waals surface area (Å²) in [6.07, 6.45) is 12.3. The van der Waals surface area contributed by atoms with E-state index < -0.39 is 0 Å². The monoisotopic (exact) mass is 588 g/mol. The smallest absolute Gasteiger partial charge is 0.265 e. The molecule has 44 heavy (non-hydrogen) atoms. The van der Waals surface area contributed by atoms with E-state index >= 15 is 0 Å². The number of pyridine rings is 2. The summed E-state index contributed by atoms with van der Waals surface area (Å²) in [6, 6.07) is 27.9. The van der Waals surface area contributed by atoms with E-state index in [1.165, 1.54) is 11.1 Å². The fraction of sp³-hybridized carbons (Fsp3) is 0.278. The van der Waals surface area contributed by atoms with Gasteiger partial charge < -0.3 is 8.83 Å². The molecule has 8 nitrogen and oxygen atoms in total. The molecule has 6 rings (SSSR count). The second-order valence-electron chi connectivity index (χ2n) is 10.6. The first-order chi connectivity index (χ1) is 21.7. The standard InChI is InChI=1S/2C18H18N2O2/c2*21-15(18-20-17-16(22-18)12-7-13-19-17)11-6-2-5-10-14-8-3-1-4-9-14/h2*1,3-4,7-9,12-13H,2,5-6,10-11H2. The maximum absolute atomic E-state index is 12.1. The average Bonchev–Trinajstić information content (AvgIpc) is 3.71. The first-order valence-corrected chi connectivity index (χ1v) is 15.2. The van der Waals surface area contributed by atoms with Gasteiger partial charge in [-0.05, 0) is 73.9 Å². The van der Waals surface area contributed by atoms with Crippen LogP contribution in [0.15, 0.2) is 106 Å². The van der Waals surface area contributed by atoms with Gasteiger partial charge in [0.25, 0.3) is 11.8 Å². The fourth-order valence-corrected chi connectivity index (χ4v) is 4.86. The van der Waals surface area contributed by atoms with Gasteiger partial charge in [-0.2, -0.15) is 9.97 Å². The van der Waals surface area contributed by atoms with Crippen molar-refractivity contribution >= 4 is 34.0 Å². The number of hydrogen-bond donors (Lipinski definition) is 0. The molecule has 0 saturated carbocycles. The number of aryl methyl sites for hydroxylation is 2. The van der Waals surface area contributed by atoms with Crippen LogP contribution in [0.2, 0.25) is 0 Å². The van der Waals surface area contributed by atoms with Gasteiger partial charge in [0.2, 0.25) is 11.6 Å². The second kappa shape index (κ2) is 16.0. The fourth-order valence-electron chi connectivity index (χ4n) is 4.86. The molecule has 0 radical (unpaired) electrons. The summed E-state index contributed by atoms with van der Waals surface area (Å²) >= 11 is 0. The Morgan fingerprint density at radius 3 is 1.34 bits per heavy atom. The Balaban J connectivity index is 0.000000175. The van der Waals surface area contributed by atoms with Gasteiger partial charge in [0.05, 0.1) is 0 Å². The van der Waals surface area contributed by atoms with Crippen LogP contribution in [0.5, 0.6) is 0 Å². The molecule has 0 aliphatic heterocycles. The molecule has 224 valence electrons. The first-order valence-electron chi connectivity index (χ1n) is 15.2. The number of ketones is 2. The third-order valence-electron chi connectivity index (χ3n) is 7.23. The average molecular weight is 589 g/mol. The molecule has 0 aliphatic rings. The molecule has 0 N–H and O–H groups in total. The number of Topliss-reactive ketones (excluding diaryl/α,β-unsaturated/α-hetero) is 2. The van der Waals surface area contributed by atoms with Crippen molar-refractivity contribution in [2.45, 2.75) is 64.2 Å². The molecular weight excluding hydrogens is 552 g/mol. The van der Waals surface area contributed by atoms with Crippen LogP contribution in [-0.4, -0.2) is 31.5 Å². The molecule has 6 aromatic rings. The zero-order valence-electron chi connectivity index (χ0n) is 24.7. The molecule has 4 heterocycles. The van der Waals surface area contributed by atoms with Gasteiger partial charge in [0.1, 0.15) is 0 Å². The lowest BCUT2D eigenvalue weighted by molar-refractivity contribution is 0.0940. The normalized spacial score (nSPS) is 10.9. The number of carbonyl (C=O) groups excluding carboxylic acids is 2. The van der Waals surface area contributed by atoms with Gasteiger partial charge in [-0.1, -0.05) is 73.5 Å². The Labute approximate surface area is 256 Å². The number of rotatable bonds is 14. The number of benzene rings is 2. The lowest BCUT2D eigenvalue weighted by Crippen LogP contribution is -1.99. The minimum absolute atomic E-state index is 0.0438. The molecule has 4 aromatic heterocycles. The molecule has 0 fully saturated rings. The number of fused-ring (bicyclic) bond motifs is 2. The Bertz CT molecular complexity index is 1570. The summed E-state index contributed by atoms with van der Waals surface area (Å²) in [7, 11) is 0. The molecule has 8 heteroatoms. The molecule has 0 bridgehead atoms. The molecule has 2 aromatic carbocycles. The third-order valence-corrected chi connectivity index (χ3v) is 7.23. The maximum atomic E-state index is 12.1. The van der Waals surface area contributed by atoms with Crippen molar-refractivity contribution in [3.05, 3.63) is 120 Å². The highest BCUT2D eigenvalue weighted by molar-refractivity contribution is 5.94. The molecule has 0 unspecified atom stereocenters. The number of nitrogens with zero attached hydrogens (tertiary/aromatic N) is 4. The van der Waals surface area contributed by atoms with Crippen molar-refractivity contribution in [2.24, 2.45) is 0 Å². The van der Waals surface area contributed by atoms with Crippen molar-refractivity contribution in [2.75, 3.05) is 0 Å². The minimum Gasteiger partial charge on any atom is -0.432 e. The van der Waals surface area contributed by atoms with Crippen LogP contribution in [0, 0.1) is 0 Å². The Kier molecular flexibility index (Phi) is 11.1. The Morgan fingerprint density at radius 2 is 0.932 bits per heavy atom. The predicted molar refractivity (Wildman–Crippen MR) is 169 cm³/mol. The van der Waals surface area contributed by atoms with Crippen molar-refractivity contribution in [3.8, 4) is 0 Å². The topological polar surface area (TPSA) is 112 Å². The molecule has 0 saturated heterocycles. The van der Waals surface area contributed by atoms with Crippen LogP contribution < -0.4 is 0 Å². The number of aromatic nitrogens is 4. The lowest BCUT2D eigenvalue weighted by atomic mass is 10.1. The summed E-state index contributed by atoms with van der Waals surface area (Å²) in [5.41, 5.74) is 4.81. The number of oxazole rings is 2. The van der Waals surface area contributed by atoms with E-state index in [0.717, 1.165) is 51.4 Å². The summed E-state index contributed by atoms with van der Waals surface area (Å²) in [4.78, 5) is 40.5. The minimum atomic E-state index is -0.0438. The maximum Gasteiger partial charge on any atom is 0.265 e. The predicted octanol–water partition coefficient (Wildman–Crippen LogP) is 8.42. The second-order valence-corrected chi connectivity index (χ2v) is 10.6. The Hall–Kier alpha value is -4.98. The third kappa shape index (κ3) is 9.01. The zero-order valence-corrected chi connectivity index (χ0v) is 24.7. The SMILES string of the molecule is O=C(CCCCCc1ccccc1)c1nc2ncccc2o1.O=C(CCCCCc1ccccc1)c1nc2ncccc2o1. The highest BCUT2D eigenvalue weighted by Crippen LogP contribution is 2.17. The molecular formula is C36H36N4O4. The van der Waals surface area contributed by atoms with Crippen LogP contribution >= 0.6 is 0 Å². The Morgan fingerprint density at radius 1 is 0.500 bits per heavy atom. The molecule has 0 atom stereocenters. The van der Waals surface area contributed by atoms with Crippen LogP contribution in [-0.2, 0) is 12.8 Å². The summed E-state index contributed by atoms with van der Waals surface area (Å²) in [6.45, 7) is 0. The van der Waals surface area contributed by atoms with E-state index in [2.05, 4.69) is 68.5 Å². The first kappa shape index (κ1) is 30.5. The molecule has 0 amide bonds. The quantitative estimate of drug-likeness (QED) is 0.0921. The summed E-state index contributed by atoms with van der Waals surface area (Å²) < 4.78 is 10.9. The number of carbonyl (C=O) groups is 2. The van der Waals surface area contributed by atoms with E-state index in [1.54, 1.807) is 36.7 Å². The van der Waals surface area contributed by atoms with Gasteiger partial charge in [-0.25, -0.2) is 9.97 Å². The van der Waals surface area contributed by atoms with Gasteiger partial charge in [0, 0.05) is 25.2 Å². The van der Waals surface area contributed by atoms with Crippen molar-refractivity contribution in [1.29, 1.82) is 0 Å². The van der Waals surface area contributed by atoms with Gasteiger partial charge in [0.15, 0.2) is 22.5 Å². The van der Waals surface area contributed by atoms with Crippen LogP contribution in [0.4, 0.5) is 0 Å². The zero-order chi connectivity index (χ0) is 30.4. The van der Waals surface area contributed by atoms with Crippen molar-refractivity contribution in [1.82, 2.24) is 19.9 Å². The van der Waals surface area contributed by atoms with E-state index in [-0.39, 0.29) is 23.3 Å². The highest BCUT2D eigenvalue weighted by Gasteiger charge is 2.15. The lowest BCUT2D eigenvalue weighted by Gasteiger charge is -2.00. The van der Waals surface area contributed by atoms with E-state index in [4.69, 9.17) is 8.83 Å². The van der Waals surface area contributed by atoms with E-state index in [9.17, 15) is 9.59 Å². The largest absolute Gasteiger partial charge is 0.432 e. The van der Waals surface area contributed by atoms with E-state index in [0.29, 0.717) is 35.3 Å². The van der Waals surface area contributed by atoms with Crippen LogP contribution in [0.3, 0.4) is 0 Å². The molecule has 0 spiro atoms. The summed E-state index contributed by atoms with van der Waals surface area (Å²) in [5.74, 6) is 0.268. The highest BCUT2D eigenvalue weighted by atomic mass is 16.4. The number of hydrogen-bond acceptors (Lipinski definition) is 8. The van der Waals surface area contributed by atoms with Gasteiger partial charge >= 0.3 is 0 Å². The van der Waals surface area contributed by atoms with Gasteiger partial charge in [-0.15, -0.1) is 0 Å². The summed E-state index contributed by atoms with van der Waals surface area (Å²) in [5, 5.41) is 0. The van der Waals surface area contributed by atoms with E-state index in [1.807, 2.05) is 12.1 Å². The van der Waals surface area contributed by atoms with Crippen LogP contribution in [0.1, 0.15) is 83.9 Å². The van der Waals surface area contributed by atoms with Crippen LogP contribution in [0.25, 0.3) is 22.5 Å². The van der Waals surface area contributed by atoms with Gasteiger partial charge in [-0.3, -0.25) is 9.59 Å². The van der Waals surface area contributed by atoms with Crippen molar-refractivity contribution < 1.29 is 18.4 Å². The van der Waals surface area contributed by atoms with Crippen molar-refractivity contribution in [3.63, 3.8) is 0 Å².